The maximum atomic E-state index is 14.3. The molecule has 2 heterocycles. The number of oxime groups is 1. The standard InChI is InChI=1S/C40H44N2O6/c1-3-11-28(38(46-2)37(44)20-26-18-19-26)21-36(43)35-23-40(22-34(41-48-40)27-12-5-4-6-13-27)25-42(35)39(45)47-24-33-31-16-9-7-14-29(31)30-15-8-10-17-32(30)33/h4-10,12-17,26,28,33,35,38H,3,11,18-25H2,1-2H3/t28-,35?,38?,40-/m1/s1. The normalized spacial score (nSPS) is 22.5. The van der Waals surface area contributed by atoms with Crippen LogP contribution in [0, 0.1) is 11.8 Å². The predicted octanol–water partition coefficient (Wildman–Crippen LogP) is 7.33. The van der Waals surface area contributed by atoms with Crippen LogP contribution in [0.4, 0.5) is 4.79 Å². The summed E-state index contributed by atoms with van der Waals surface area (Å²) in [6.07, 6.45) is 3.90. The smallest absolute Gasteiger partial charge is 0.410 e. The molecule has 1 saturated heterocycles. The highest BCUT2D eigenvalue weighted by molar-refractivity contribution is 6.02. The van der Waals surface area contributed by atoms with Crippen LogP contribution in [0.3, 0.4) is 0 Å². The monoisotopic (exact) mass is 648 g/mol. The highest BCUT2D eigenvalue weighted by atomic mass is 16.7. The zero-order valence-corrected chi connectivity index (χ0v) is 27.8. The third-order valence-electron chi connectivity index (χ3n) is 10.6. The summed E-state index contributed by atoms with van der Waals surface area (Å²) < 4.78 is 11.8. The van der Waals surface area contributed by atoms with Gasteiger partial charge in [-0.1, -0.05) is 97.4 Å². The molecule has 8 nitrogen and oxygen atoms in total. The van der Waals surface area contributed by atoms with E-state index in [4.69, 9.17) is 14.3 Å². The van der Waals surface area contributed by atoms with Crippen molar-refractivity contribution in [3.8, 4) is 11.1 Å². The summed E-state index contributed by atoms with van der Waals surface area (Å²) >= 11 is 0. The first kappa shape index (κ1) is 32.3. The molecule has 0 radical (unpaired) electrons. The molecular weight excluding hydrogens is 604 g/mol. The Hall–Kier alpha value is -4.30. The van der Waals surface area contributed by atoms with Gasteiger partial charge in [-0.15, -0.1) is 0 Å². The summed E-state index contributed by atoms with van der Waals surface area (Å²) in [7, 11) is 1.56. The number of carbonyl (C=O) groups is 3. The molecule has 48 heavy (non-hydrogen) atoms. The minimum absolute atomic E-state index is 0.0718. The van der Waals surface area contributed by atoms with Crippen molar-refractivity contribution >= 4 is 23.4 Å². The molecular formula is C40H44N2O6. The Kier molecular flexibility index (Phi) is 9.19. The van der Waals surface area contributed by atoms with Gasteiger partial charge in [0, 0.05) is 38.7 Å². The summed E-state index contributed by atoms with van der Waals surface area (Å²) in [6.45, 7) is 2.40. The lowest BCUT2D eigenvalue weighted by molar-refractivity contribution is -0.134. The highest BCUT2D eigenvalue weighted by Gasteiger charge is 2.54. The van der Waals surface area contributed by atoms with E-state index in [1.807, 2.05) is 54.6 Å². The number of ketones is 2. The van der Waals surface area contributed by atoms with E-state index in [9.17, 15) is 14.4 Å². The molecule has 8 heteroatoms. The van der Waals surface area contributed by atoms with Crippen LogP contribution in [-0.2, 0) is 23.9 Å². The fourth-order valence-electron chi connectivity index (χ4n) is 8.04. The van der Waals surface area contributed by atoms with E-state index in [1.54, 1.807) is 12.0 Å². The molecule has 1 amide bonds. The third-order valence-corrected chi connectivity index (χ3v) is 10.6. The Morgan fingerprint density at radius 2 is 1.62 bits per heavy atom. The molecule has 2 fully saturated rings. The van der Waals surface area contributed by atoms with Crippen LogP contribution in [0.5, 0.6) is 0 Å². The third kappa shape index (κ3) is 6.42. The lowest BCUT2D eigenvalue weighted by Gasteiger charge is -2.28. The molecule has 2 unspecified atom stereocenters. The summed E-state index contributed by atoms with van der Waals surface area (Å²) in [6, 6.07) is 25.5. The summed E-state index contributed by atoms with van der Waals surface area (Å²) in [5.74, 6) is 0.0432. The molecule has 3 aromatic rings. The number of methoxy groups -OCH3 is 1. The van der Waals surface area contributed by atoms with E-state index in [2.05, 4.69) is 36.3 Å². The molecule has 4 atom stereocenters. The van der Waals surface area contributed by atoms with Gasteiger partial charge >= 0.3 is 6.09 Å². The number of benzene rings is 3. The molecule has 7 rings (SSSR count). The first-order chi connectivity index (χ1) is 23.4. The average molecular weight is 649 g/mol. The van der Waals surface area contributed by atoms with Crippen LogP contribution < -0.4 is 0 Å². The molecule has 0 N–H and O–H groups in total. The van der Waals surface area contributed by atoms with E-state index < -0.39 is 23.8 Å². The first-order valence-electron chi connectivity index (χ1n) is 17.4. The first-order valence-corrected chi connectivity index (χ1v) is 17.4. The van der Waals surface area contributed by atoms with Gasteiger partial charge in [-0.25, -0.2) is 4.79 Å². The quantitative estimate of drug-likeness (QED) is 0.193. The van der Waals surface area contributed by atoms with Gasteiger partial charge in [0.2, 0.25) is 0 Å². The lowest BCUT2D eigenvalue weighted by Crippen LogP contribution is -2.43. The maximum Gasteiger partial charge on any atom is 0.410 e. The number of Topliss-reactive ketones (excluding diaryl/α,β-unsaturated/α-hetero) is 2. The van der Waals surface area contributed by atoms with E-state index in [0.29, 0.717) is 31.6 Å². The minimum Gasteiger partial charge on any atom is -0.448 e. The van der Waals surface area contributed by atoms with Gasteiger partial charge < -0.3 is 14.3 Å². The van der Waals surface area contributed by atoms with Gasteiger partial charge in [-0.2, -0.15) is 0 Å². The van der Waals surface area contributed by atoms with Gasteiger partial charge in [0.25, 0.3) is 0 Å². The second-order valence-electron chi connectivity index (χ2n) is 14.0. The number of amides is 1. The molecule has 1 spiro atoms. The van der Waals surface area contributed by atoms with Gasteiger partial charge in [-0.05, 0) is 58.9 Å². The fraction of sp³-hybridized carbons (Fsp3) is 0.450. The van der Waals surface area contributed by atoms with Crippen molar-refractivity contribution in [2.45, 2.75) is 82.0 Å². The van der Waals surface area contributed by atoms with Crippen LogP contribution >= 0.6 is 0 Å². The fourth-order valence-corrected chi connectivity index (χ4v) is 8.04. The topological polar surface area (TPSA) is 94.5 Å². The van der Waals surface area contributed by atoms with Gasteiger partial charge in [-0.3, -0.25) is 14.5 Å². The van der Waals surface area contributed by atoms with E-state index in [0.717, 1.165) is 52.8 Å². The van der Waals surface area contributed by atoms with Gasteiger partial charge in [0.1, 0.15) is 12.7 Å². The molecule has 250 valence electrons. The number of carbonyl (C=O) groups excluding carboxylic acids is 3. The van der Waals surface area contributed by atoms with Gasteiger partial charge in [0.05, 0.1) is 18.3 Å². The SMILES string of the molecule is CCC[C@H](CC(=O)C1C[C@]2(CC(c3ccccc3)=NO2)CN1C(=O)OCC1c2ccccc2-c2ccccc21)C(OC)C(=O)CC1CC1. The molecule has 0 aromatic heterocycles. The van der Waals surface area contributed by atoms with Crippen LogP contribution in [0.15, 0.2) is 84.0 Å². The maximum absolute atomic E-state index is 14.3. The second kappa shape index (κ2) is 13.7. The molecule has 0 bridgehead atoms. The number of likely N-dealkylation sites (tertiary alicyclic amines) is 1. The number of fused-ring (bicyclic) bond motifs is 3. The van der Waals surface area contributed by atoms with Crippen molar-refractivity contribution in [3.05, 3.63) is 95.6 Å². The Balaban J connectivity index is 1.11. The second-order valence-corrected chi connectivity index (χ2v) is 14.0. The Bertz CT molecular complexity index is 1650. The zero-order valence-electron chi connectivity index (χ0n) is 27.8. The zero-order chi connectivity index (χ0) is 33.3. The predicted molar refractivity (Wildman–Crippen MR) is 183 cm³/mol. The molecule has 3 aromatic carbocycles. The van der Waals surface area contributed by atoms with E-state index in [-0.39, 0.29) is 43.0 Å². The van der Waals surface area contributed by atoms with Crippen molar-refractivity contribution < 1.29 is 28.7 Å². The van der Waals surface area contributed by atoms with Crippen molar-refractivity contribution in [3.63, 3.8) is 0 Å². The van der Waals surface area contributed by atoms with Gasteiger partial charge in [0.15, 0.2) is 17.2 Å². The molecule has 1 saturated carbocycles. The Morgan fingerprint density at radius 3 is 2.27 bits per heavy atom. The molecule has 4 aliphatic rings. The average Bonchev–Trinajstić information content (AvgIpc) is 3.56. The number of hydrogen-bond acceptors (Lipinski definition) is 7. The lowest BCUT2D eigenvalue weighted by atomic mass is 9.84. The summed E-state index contributed by atoms with van der Waals surface area (Å²) in [4.78, 5) is 49.2. The van der Waals surface area contributed by atoms with E-state index >= 15 is 0 Å². The Morgan fingerprint density at radius 1 is 0.958 bits per heavy atom. The van der Waals surface area contributed by atoms with Crippen LogP contribution in [0.2, 0.25) is 0 Å². The summed E-state index contributed by atoms with van der Waals surface area (Å²) in [5, 5.41) is 4.44. The molecule has 2 aliphatic heterocycles. The Labute approximate surface area is 282 Å². The largest absolute Gasteiger partial charge is 0.448 e. The van der Waals surface area contributed by atoms with Crippen molar-refractivity contribution in [1.29, 1.82) is 0 Å². The number of rotatable bonds is 13. The van der Waals surface area contributed by atoms with Crippen LogP contribution in [0.1, 0.15) is 80.9 Å². The summed E-state index contributed by atoms with van der Waals surface area (Å²) in [5.41, 5.74) is 5.47. The van der Waals surface area contributed by atoms with Crippen LogP contribution in [-0.4, -0.2) is 66.3 Å². The van der Waals surface area contributed by atoms with Crippen LogP contribution in [0.25, 0.3) is 11.1 Å². The number of nitrogens with zero attached hydrogens (tertiary/aromatic N) is 2. The van der Waals surface area contributed by atoms with Crippen molar-refractivity contribution in [1.82, 2.24) is 4.90 Å². The number of hydrogen-bond donors (Lipinski definition) is 0. The highest BCUT2D eigenvalue weighted by Crippen LogP contribution is 2.45. The minimum atomic E-state index is -0.834. The van der Waals surface area contributed by atoms with Crippen molar-refractivity contribution in [2.75, 3.05) is 20.3 Å². The van der Waals surface area contributed by atoms with Crippen molar-refractivity contribution in [2.24, 2.45) is 17.0 Å². The molecule has 2 aliphatic carbocycles. The van der Waals surface area contributed by atoms with E-state index in [1.165, 1.54) is 0 Å². The number of ether oxygens (including phenoxy) is 2.